The van der Waals surface area contributed by atoms with Crippen LogP contribution in [0.5, 0.6) is 5.75 Å². The van der Waals surface area contributed by atoms with E-state index in [9.17, 15) is 4.79 Å². The molecule has 2 heterocycles. The Bertz CT molecular complexity index is 966. The predicted molar refractivity (Wildman–Crippen MR) is 107 cm³/mol. The molecule has 0 saturated heterocycles. The average molecular weight is 387 g/mol. The number of halogens is 1. The van der Waals surface area contributed by atoms with Crippen LogP contribution < -0.4 is 10.1 Å². The van der Waals surface area contributed by atoms with E-state index in [1.54, 1.807) is 11.8 Å². The fraction of sp³-hybridized carbons (Fsp3) is 0.250. The number of thioether (sulfide) groups is 1. The van der Waals surface area contributed by atoms with Gasteiger partial charge in [0.2, 0.25) is 0 Å². The lowest BCUT2D eigenvalue weighted by molar-refractivity contribution is 0.0943. The van der Waals surface area contributed by atoms with E-state index in [4.69, 9.17) is 16.3 Å². The number of amides is 1. The molecule has 0 unspecified atom stereocenters. The molecule has 0 atom stereocenters. The maximum absolute atomic E-state index is 12.7. The number of ether oxygens (including phenoxy) is 1. The van der Waals surface area contributed by atoms with E-state index in [0.29, 0.717) is 30.4 Å². The first kappa shape index (κ1) is 17.3. The van der Waals surface area contributed by atoms with Gasteiger partial charge in [0.15, 0.2) is 0 Å². The highest BCUT2D eigenvalue weighted by molar-refractivity contribution is 7.98. The van der Waals surface area contributed by atoms with Crippen molar-refractivity contribution < 1.29 is 9.53 Å². The molecular formula is C20H19ClN2O2S. The molecule has 0 bridgehead atoms. The fourth-order valence-electron chi connectivity index (χ4n) is 3.30. The van der Waals surface area contributed by atoms with E-state index in [0.717, 1.165) is 23.1 Å². The van der Waals surface area contributed by atoms with Crippen LogP contribution in [0.4, 0.5) is 0 Å². The van der Waals surface area contributed by atoms with Crippen molar-refractivity contribution in [2.45, 2.75) is 17.9 Å². The van der Waals surface area contributed by atoms with E-state index in [-0.39, 0.29) is 5.91 Å². The predicted octanol–water partition coefficient (Wildman–Crippen LogP) is 4.38. The van der Waals surface area contributed by atoms with Crippen LogP contribution in [0.2, 0.25) is 5.02 Å². The van der Waals surface area contributed by atoms with Crippen LogP contribution in [-0.2, 0) is 13.0 Å². The van der Waals surface area contributed by atoms with Gasteiger partial charge >= 0.3 is 0 Å². The van der Waals surface area contributed by atoms with E-state index in [1.165, 1.54) is 10.5 Å². The lowest BCUT2D eigenvalue weighted by atomic mass is 10.1. The zero-order chi connectivity index (χ0) is 18.1. The molecule has 1 N–H and O–H groups in total. The molecule has 0 radical (unpaired) electrons. The summed E-state index contributed by atoms with van der Waals surface area (Å²) in [4.78, 5) is 14.0. The molecule has 6 heteroatoms. The van der Waals surface area contributed by atoms with Crippen molar-refractivity contribution in [1.29, 1.82) is 0 Å². The highest BCUT2D eigenvalue weighted by Crippen LogP contribution is 2.36. The molecule has 0 spiro atoms. The largest absolute Gasteiger partial charge is 0.490 e. The Morgan fingerprint density at radius 3 is 2.85 bits per heavy atom. The van der Waals surface area contributed by atoms with Gasteiger partial charge in [0.25, 0.3) is 5.91 Å². The van der Waals surface area contributed by atoms with Crippen LogP contribution in [0.25, 0.3) is 10.9 Å². The Balaban J connectivity index is 1.50. The number of carbonyl (C=O) groups is 1. The third kappa shape index (κ3) is 3.17. The maximum atomic E-state index is 12.7. The summed E-state index contributed by atoms with van der Waals surface area (Å²) in [7, 11) is 0. The highest BCUT2D eigenvalue weighted by atomic mass is 35.5. The van der Waals surface area contributed by atoms with Gasteiger partial charge in [-0.15, -0.1) is 11.8 Å². The highest BCUT2D eigenvalue weighted by Gasteiger charge is 2.22. The molecule has 3 aromatic rings. The number of carbonyl (C=O) groups excluding carboxylic acids is 1. The molecule has 1 aromatic heterocycles. The summed E-state index contributed by atoms with van der Waals surface area (Å²) in [6.07, 6.45) is 2.86. The lowest BCUT2D eigenvalue weighted by Crippen LogP contribution is -2.29. The minimum atomic E-state index is -0.0779. The standard InChI is InChI=1S/C20H19ClN2O2S/c1-26-14-4-2-13(3-5-14)8-9-22-20(24)17-12-15-16(21)6-7-18-19(15)23(17)10-11-25-18/h2-7,12H,8-11H2,1H3,(H,22,24). The van der Waals surface area contributed by atoms with Gasteiger partial charge in [0.1, 0.15) is 18.1 Å². The molecule has 26 heavy (non-hydrogen) atoms. The van der Waals surface area contributed by atoms with Gasteiger partial charge in [-0.1, -0.05) is 23.7 Å². The molecule has 134 valence electrons. The number of benzene rings is 2. The Labute approximate surface area is 161 Å². The van der Waals surface area contributed by atoms with E-state index < -0.39 is 0 Å². The van der Waals surface area contributed by atoms with Crippen molar-refractivity contribution >= 4 is 40.2 Å². The second kappa shape index (κ2) is 7.25. The summed E-state index contributed by atoms with van der Waals surface area (Å²) < 4.78 is 7.69. The number of nitrogens with zero attached hydrogens (tertiary/aromatic N) is 1. The van der Waals surface area contributed by atoms with Crippen LogP contribution in [-0.4, -0.2) is 29.9 Å². The van der Waals surface area contributed by atoms with Crippen LogP contribution in [0.3, 0.4) is 0 Å². The van der Waals surface area contributed by atoms with E-state index in [1.807, 2.05) is 22.8 Å². The van der Waals surface area contributed by atoms with Crippen LogP contribution in [0.15, 0.2) is 47.4 Å². The van der Waals surface area contributed by atoms with Gasteiger partial charge in [-0.2, -0.15) is 0 Å². The number of hydrogen-bond donors (Lipinski definition) is 1. The molecule has 1 aliphatic heterocycles. The van der Waals surface area contributed by atoms with Crippen molar-refractivity contribution in [3.05, 3.63) is 58.7 Å². The topological polar surface area (TPSA) is 43.3 Å². The van der Waals surface area contributed by atoms with Crippen LogP contribution in [0, 0.1) is 0 Å². The smallest absolute Gasteiger partial charge is 0.267 e. The summed E-state index contributed by atoms with van der Waals surface area (Å²) in [6, 6.07) is 14.0. The second-order valence-corrected chi connectivity index (χ2v) is 7.48. The first-order valence-corrected chi connectivity index (χ1v) is 10.1. The molecule has 1 amide bonds. The van der Waals surface area contributed by atoms with Crippen molar-refractivity contribution in [1.82, 2.24) is 9.88 Å². The Morgan fingerprint density at radius 1 is 1.27 bits per heavy atom. The SMILES string of the molecule is CSc1ccc(CCNC(=O)c2cc3c(Cl)ccc4c3n2CCO4)cc1. The Morgan fingerprint density at radius 2 is 2.08 bits per heavy atom. The van der Waals surface area contributed by atoms with Crippen molar-refractivity contribution in [2.24, 2.45) is 0 Å². The number of aromatic nitrogens is 1. The summed E-state index contributed by atoms with van der Waals surface area (Å²) in [5, 5.41) is 4.52. The first-order chi connectivity index (χ1) is 12.7. The molecule has 4 nitrogen and oxygen atoms in total. The quantitative estimate of drug-likeness (QED) is 0.661. The third-order valence-corrected chi connectivity index (χ3v) is 5.71. The maximum Gasteiger partial charge on any atom is 0.267 e. The average Bonchev–Trinajstić information content (AvgIpc) is 3.07. The summed E-state index contributed by atoms with van der Waals surface area (Å²) in [5.41, 5.74) is 2.75. The van der Waals surface area contributed by atoms with Crippen molar-refractivity contribution in [3.8, 4) is 5.75 Å². The Hall–Kier alpha value is -2.11. The van der Waals surface area contributed by atoms with Crippen LogP contribution >= 0.6 is 23.4 Å². The van der Waals surface area contributed by atoms with Gasteiger partial charge in [-0.3, -0.25) is 4.79 Å². The van der Waals surface area contributed by atoms with Crippen molar-refractivity contribution in [3.63, 3.8) is 0 Å². The first-order valence-electron chi connectivity index (χ1n) is 8.53. The minimum Gasteiger partial charge on any atom is -0.490 e. The molecule has 2 aromatic carbocycles. The molecular weight excluding hydrogens is 368 g/mol. The lowest BCUT2D eigenvalue weighted by Gasteiger charge is -2.19. The Kier molecular flexibility index (Phi) is 4.83. The molecule has 0 fully saturated rings. The van der Waals surface area contributed by atoms with Gasteiger partial charge in [0.05, 0.1) is 17.1 Å². The van der Waals surface area contributed by atoms with Gasteiger partial charge in [0, 0.05) is 16.8 Å². The number of rotatable bonds is 5. The van der Waals surface area contributed by atoms with Crippen molar-refractivity contribution in [2.75, 3.05) is 19.4 Å². The zero-order valence-electron chi connectivity index (χ0n) is 14.4. The van der Waals surface area contributed by atoms with Gasteiger partial charge < -0.3 is 14.6 Å². The minimum absolute atomic E-state index is 0.0779. The monoisotopic (exact) mass is 386 g/mol. The molecule has 4 rings (SSSR count). The van der Waals surface area contributed by atoms with Gasteiger partial charge in [-0.25, -0.2) is 0 Å². The van der Waals surface area contributed by atoms with Crippen LogP contribution in [0.1, 0.15) is 16.1 Å². The zero-order valence-corrected chi connectivity index (χ0v) is 16.0. The molecule has 1 aliphatic rings. The number of nitrogens with one attached hydrogen (secondary N) is 1. The van der Waals surface area contributed by atoms with Gasteiger partial charge in [-0.05, 0) is 48.6 Å². The normalized spacial score (nSPS) is 12.8. The summed E-state index contributed by atoms with van der Waals surface area (Å²) in [6.45, 7) is 1.80. The fourth-order valence-corrected chi connectivity index (χ4v) is 3.92. The van der Waals surface area contributed by atoms with E-state index >= 15 is 0 Å². The molecule has 0 saturated carbocycles. The second-order valence-electron chi connectivity index (χ2n) is 6.19. The van der Waals surface area contributed by atoms with E-state index in [2.05, 4.69) is 35.8 Å². The summed E-state index contributed by atoms with van der Waals surface area (Å²) >= 11 is 8.03. The third-order valence-electron chi connectivity index (χ3n) is 4.63. The number of hydrogen-bond acceptors (Lipinski definition) is 3. The summed E-state index contributed by atoms with van der Waals surface area (Å²) in [5.74, 6) is 0.703. The molecule has 0 aliphatic carbocycles.